The molecule has 288 valence electrons. The fourth-order valence-corrected chi connectivity index (χ4v) is 6.79. The zero-order chi connectivity index (χ0) is 37.8. The van der Waals surface area contributed by atoms with Gasteiger partial charge < -0.3 is 43.4 Å². The van der Waals surface area contributed by atoms with E-state index in [0.29, 0.717) is 63.0 Å². The summed E-state index contributed by atoms with van der Waals surface area (Å²) >= 11 is 0. The molecule has 5 rings (SSSR count). The standard InChI is InChI=1S/C42H56N2O9/c1-42(2,3)53-41(46)44-23-22-33(38(28-44)52-35(13-10-24-47-4)31-15-14-30-18-21-39(45)43-34(30)27-31)29-16-19-32(20-17-29)50-25-7-8-26-51-40-36(48-5)11-9-12-37(40)49-6/h9,11-12,14-17,19-20,27,33,35,38H,7-8,10,13,18,21-26,28H2,1-6H3,(H,43,45). The van der Waals surface area contributed by atoms with Gasteiger partial charge >= 0.3 is 6.09 Å². The summed E-state index contributed by atoms with van der Waals surface area (Å²) in [6, 6.07) is 20.0. The zero-order valence-corrected chi connectivity index (χ0v) is 32.1. The van der Waals surface area contributed by atoms with Crippen molar-refractivity contribution in [2.75, 3.05) is 59.6 Å². The average Bonchev–Trinajstić information content (AvgIpc) is 3.15. The summed E-state index contributed by atoms with van der Waals surface area (Å²) in [6.07, 6.45) is 4.15. The van der Waals surface area contributed by atoms with Crippen LogP contribution in [0.15, 0.2) is 60.7 Å². The van der Waals surface area contributed by atoms with E-state index in [-0.39, 0.29) is 30.1 Å². The van der Waals surface area contributed by atoms with Crippen LogP contribution in [-0.2, 0) is 25.4 Å². The smallest absolute Gasteiger partial charge is 0.410 e. The summed E-state index contributed by atoms with van der Waals surface area (Å²) in [7, 11) is 4.92. The molecule has 1 saturated heterocycles. The lowest BCUT2D eigenvalue weighted by atomic mass is 9.86. The van der Waals surface area contributed by atoms with E-state index in [1.807, 2.05) is 57.2 Å². The second-order valence-corrected chi connectivity index (χ2v) is 14.5. The lowest BCUT2D eigenvalue weighted by Crippen LogP contribution is -2.48. The van der Waals surface area contributed by atoms with Crippen LogP contribution >= 0.6 is 0 Å². The number of piperidine rings is 1. The molecular formula is C42H56N2O9. The summed E-state index contributed by atoms with van der Waals surface area (Å²) in [5, 5.41) is 3.03. The molecule has 1 N–H and O–H groups in total. The fraction of sp³-hybridized carbons (Fsp3) is 0.524. The maximum absolute atomic E-state index is 13.3. The molecule has 2 heterocycles. The van der Waals surface area contributed by atoms with Crippen LogP contribution in [0.1, 0.15) is 88.0 Å². The lowest BCUT2D eigenvalue weighted by molar-refractivity contribution is -0.116. The molecule has 0 bridgehead atoms. The van der Waals surface area contributed by atoms with Gasteiger partial charge in [-0.2, -0.15) is 0 Å². The third-order valence-corrected chi connectivity index (χ3v) is 9.51. The van der Waals surface area contributed by atoms with Crippen molar-refractivity contribution >= 4 is 17.7 Å². The van der Waals surface area contributed by atoms with Crippen molar-refractivity contribution < 1.29 is 42.7 Å². The molecular weight excluding hydrogens is 676 g/mol. The third-order valence-electron chi connectivity index (χ3n) is 9.51. The van der Waals surface area contributed by atoms with E-state index in [1.165, 1.54) is 0 Å². The number of amides is 2. The van der Waals surface area contributed by atoms with Crippen molar-refractivity contribution in [3.05, 3.63) is 77.4 Å². The molecule has 53 heavy (non-hydrogen) atoms. The van der Waals surface area contributed by atoms with Gasteiger partial charge in [-0.3, -0.25) is 4.79 Å². The van der Waals surface area contributed by atoms with Crippen molar-refractivity contribution in [3.63, 3.8) is 0 Å². The topological polar surface area (TPSA) is 114 Å². The van der Waals surface area contributed by atoms with Gasteiger partial charge in [-0.25, -0.2) is 4.79 Å². The Morgan fingerprint density at radius 1 is 0.887 bits per heavy atom. The molecule has 0 aromatic heterocycles. The summed E-state index contributed by atoms with van der Waals surface area (Å²) in [5.74, 6) is 2.73. The number of carbonyl (C=O) groups is 2. The Balaban J connectivity index is 1.25. The molecule has 2 amide bonds. The number of unbranched alkanes of at least 4 members (excludes halogenated alkanes) is 1. The molecule has 1 fully saturated rings. The summed E-state index contributed by atoms with van der Waals surface area (Å²) in [6.45, 7) is 8.24. The lowest BCUT2D eigenvalue weighted by Gasteiger charge is -2.40. The van der Waals surface area contributed by atoms with E-state index >= 15 is 0 Å². The Hall–Kier alpha value is -4.48. The van der Waals surface area contributed by atoms with Crippen molar-refractivity contribution in [2.24, 2.45) is 0 Å². The molecule has 3 aromatic rings. The number of ether oxygens (including phenoxy) is 7. The largest absolute Gasteiger partial charge is 0.494 e. The van der Waals surface area contributed by atoms with Crippen LogP contribution < -0.4 is 24.3 Å². The minimum atomic E-state index is -0.605. The fourth-order valence-electron chi connectivity index (χ4n) is 6.79. The Morgan fingerprint density at radius 2 is 1.60 bits per heavy atom. The Labute approximate surface area is 314 Å². The molecule has 11 heteroatoms. The second kappa shape index (κ2) is 19.0. The Bertz CT molecular complexity index is 1620. The first kappa shape index (κ1) is 39.7. The van der Waals surface area contributed by atoms with Gasteiger partial charge in [0.25, 0.3) is 0 Å². The van der Waals surface area contributed by atoms with Gasteiger partial charge in [-0.1, -0.05) is 30.3 Å². The first-order valence-electron chi connectivity index (χ1n) is 18.7. The van der Waals surface area contributed by atoms with Crippen LogP contribution in [0, 0.1) is 0 Å². The van der Waals surface area contributed by atoms with E-state index in [9.17, 15) is 9.59 Å². The number of benzene rings is 3. The number of likely N-dealkylation sites (tertiary alicyclic amines) is 1. The molecule has 0 saturated carbocycles. The van der Waals surface area contributed by atoms with E-state index < -0.39 is 5.60 Å². The normalized spacial score (nSPS) is 17.7. The first-order valence-corrected chi connectivity index (χ1v) is 18.7. The van der Waals surface area contributed by atoms with Crippen molar-refractivity contribution in [2.45, 2.75) is 89.4 Å². The number of methoxy groups -OCH3 is 3. The van der Waals surface area contributed by atoms with Gasteiger partial charge in [-0.05, 0) is 106 Å². The average molecular weight is 733 g/mol. The number of carbonyl (C=O) groups excluding carboxylic acids is 2. The predicted octanol–water partition coefficient (Wildman–Crippen LogP) is 8.10. The molecule has 3 unspecified atom stereocenters. The molecule has 0 aliphatic carbocycles. The maximum Gasteiger partial charge on any atom is 0.410 e. The monoisotopic (exact) mass is 732 g/mol. The Morgan fingerprint density at radius 3 is 2.28 bits per heavy atom. The summed E-state index contributed by atoms with van der Waals surface area (Å²) in [4.78, 5) is 27.2. The van der Waals surface area contributed by atoms with Gasteiger partial charge in [0.2, 0.25) is 11.7 Å². The number of fused-ring (bicyclic) bond motifs is 1. The van der Waals surface area contributed by atoms with Crippen LogP contribution in [0.3, 0.4) is 0 Å². The first-order chi connectivity index (χ1) is 25.6. The van der Waals surface area contributed by atoms with Gasteiger partial charge in [0, 0.05) is 38.3 Å². The molecule has 2 aliphatic heterocycles. The number of nitrogens with one attached hydrogen (secondary N) is 1. The van der Waals surface area contributed by atoms with Crippen LogP contribution in [-0.4, -0.2) is 82.8 Å². The van der Waals surface area contributed by atoms with Gasteiger partial charge in [-0.15, -0.1) is 0 Å². The highest BCUT2D eigenvalue weighted by Crippen LogP contribution is 2.39. The highest BCUT2D eigenvalue weighted by molar-refractivity contribution is 5.94. The van der Waals surface area contributed by atoms with E-state index in [4.69, 9.17) is 33.2 Å². The number of aryl methyl sites for hydroxylation is 1. The maximum atomic E-state index is 13.3. The summed E-state index contributed by atoms with van der Waals surface area (Å²) < 4.78 is 41.1. The van der Waals surface area contributed by atoms with Crippen LogP contribution in [0.5, 0.6) is 23.0 Å². The highest BCUT2D eigenvalue weighted by atomic mass is 16.6. The molecule has 2 aliphatic rings. The second-order valence-electron chi connectivity index (χ2n) is 14.5. The van der Waals surface area contributed by atoms with Crippen molar-refractivity contribution in [1.29, 1.82) is 0 Å². The van der Waals surface area contributed by atoms with E-state index in [0.717, 1.165) is 60.2 Å². The molecule has 3 aromatic carbocycles. The van der Waals surface area contributed by atoms with Crippen LogP contribution in [0.2, 0.25) is 0 Å². The Kier molecular flexibility index (Phi) is 14.3. The molecule has 0 spiro atoms. The number of hydrogen-bond donors (Lipinski definition) is 1. The minimum Gasteiger partial charge on any atom is -0.494 e. The molecule has 0 radical (unpaired) electrons. The minimum absolute atomic E-state index is 0.0263. The zero-order valence-electron chi connectivity index (χ0n) is 32.1. The quantitative estimate of drug-likeness (QED) is 0.138. The predicted molar refractivity (Wildman–Crippen MR) is 203 cm³/mol. The number of anilines is 1. The van der Waals surface area contributed by atoms with E-state index in [1.54, 1.807) is 26.2 Å². The number of para-hydroxylation sites is 1. The highest BCUT2D eigenvalue weighted by Gasteiger charge is 2.37. The van der Waals surface area contributed by atoms with Gasteiger partial charge in [0.05, 0.1) is 46.2 Å². The van der Waals surface area contributed by atoms with Crippen LogP contribution in [0.4, 0.5) is 10.5 Å². The number of rotatable bonds is 17. The molecule has 11 nitrogen and oxygen atoms in total. The van der Waals surface area contributed by atoms with Gasteiger partial charge in [0.1, 0.15) is 11.4 Å². The number of hydrogen-bond acceptors (Lipinski definition) is 9. The SMILES string of the molecule is COCCCC(OC1CN(C(=O)OC(C)(C)C)CCC1c1ccc(OCCCCOc2c(OC)cccc2OC)cc1)c1ccc2c(c1)NC(=O)CC2. The molecule has 3 atom stereocenters. The summed E-state index contributed by atoms with van der Waals surface area (Å²) in [5.41, 5.74) is 3.48. The van der Waals surface area contributed by atoms with Gasteiger partial charge in [0.15, 0.2) is 11.5 Å². The van der Waals surface area contributed by atoms with Crippen molar-refractivity contribution in [3.8, 4) is 23.0 Å². The van der Waals surface area contributed by atoms with E-state index in [2.05, 4.69) is 29.6 Å². The van der Waals surface area contributed by atoms with Crippen LogP contribution in [0.25, 0.3) is 0 Å². The van der Waals surface area contributed by atoms with Crippen molar-refractivity contribution in [1.82, 2.24) is 4.90 Å². The number of nitrogens with zero attached hydrogens (tertiary/aromatic N) is 1. The third kappa shape index (κ3) is 11.3.